The molecule has 0 saturated carbocycles. The SMILES string of the molecule is Br.Br.C(=C/c1cccc([P+](c2ccccc2)(c2ccccc2)c2ccccc2)n1)/c1cccc([P+](c2ccccc2)(c2ccccc2)c2ccccc2)c1. The summed E-state index contributed by atoms with van der Waals surface area (Å²) in [5, 5.41) is 9.20. The second-order valence-electron chi connectivity index (χ2n) is 12.7. The third-order valence-corrected chi connectivity index (χ3v) is 18.1. The van der Waals surface area contributed by atoms with Crippen molar-refractivity contribution in [2.75, 3.05) is 0 Å². The fourth-order valence-corrected chi connectivity index (χ4v) is 15.8. The van der Waals surface area contributed by atoms with Crippen LogP contribution in [-0.2, 0) is 0 Å². The summed E-state index contributed by atoms with van der Waals surface area (Å²) in [6.07, 6.45) is 4.39. The van der Waals surface area contributed by atoms with Gasteiger partial charge in [-0.3, -0.25) is 0 Å². The normalized spacial score (nSPS) is 11.3. The van der Waals surface area contributed by atoms with Gasteiger partial charge in [0.2, 0.25) is 0 Å². The molecule has 1 heterocycles. The first-order chi connectivity index (χ1) is 25.8. The van der Waals surface area contributed by atoms with Crippen LogP contribution in [0.1, 0.15) is 11.3 Å². The van der Waals surface area contributed by atoms with E-state index in [1.807, 2.05) is 0 Å². The molecule has 0 fully saturated rings. The Balaban J connectivity index is 0.00000249. The largest absolute Gasteiger partial charge is 0.213 e. The molecule has 5 heteroatoms. The number of pyridine rings is 1. The quantitative estimate of drug-likeness (QED) is 0.125. The van der Waals surface area contributed by atoms with Crippen molar-refractivity contribution in [1.29, 1.82) is 0 Å². The van der Waals surface area contributed by atoms with Crippen LogP contribution in [-0.4, -0.2) is 4.98 Å². The zero-order valence-corrected chi connectivity index (χ0v) is 34.9. The second kappa shape index (κ2) is 18.1. The Morgan fingerprint density at radius 2 is 0.630 bits per heavy atom. The lowest BCUT2D eigenvalue weighted by molar-refractivity contribution is 1.35. The standard InChI is InChI=1S/C49H39NP2.2BrH/c1-7-23-42(24-8-1)51(43-25-9-2-10-26-43,44-27-11-3-12-28-44)48-35-19-21-40(39-48)37-38-41-22-20-36-49(50-41)52(45-29-13-4-14-30-45,46-31-15-5-16-32-46)47-33-17-6-18-34-47;;/h1-39H;2*1H/q+2;;/b38-37-;;. The molecular formula is C49H41Br2NP2+2. The van der Waals surface area contributed by atoms with Crippen LogP contribution in [0.4, 0.5) is 0 Å². The van der Waals surface area contributed by atoms with E-state index in [2.05, 4.69) is 237 Å². The summed E-state index contributed by atoms with van der Waals surface area (Å²) in [6, 6.07) is 81.5. The Morgan fingerprint density at radius 1 is 0.296 bits per heavy atom. The highest BCUT2D eigenvalue weighted by Gasteiger charge is 2.50. The highest BCUT2D eigenvalue weighted by molar-refractivity contribution is 8.93. The molecule has 54 heavy (non-hydrogen) atoms. The van der Waals surface area contributed by atoms with Gasteiger partial charge in [-0.15, -0.1) is 34.0 Å². The molecule has 8 rings (SSSR count). The maximum Gasteiger partial charge on any atom is 0.198 e. The lowest BCUT2D eigenvalue weighted by Gasteiger charge is -2.27. The first kappa shape index (κ1) is 39.0. The average molecular weight is 866 g/mol. The minimum Gasteiger partial charge on any atom is -0.213 e. The number of aromatic nitrogens is 1. The van der Waals surface area contributed by atoms with Gasteiger partial charge in [0.25, 0.3) is 0 Å². The molecule has 0 spiro atoms. The molecule has 1 aromatic heterocycles. The summed E-state index contributed by atoms with van der Waals surface area (Å²) < 4.78 is 0. The summed E-state index contributed by atoms with van der Waals surface area (Å²) in [5.41, 5.74) is 3.17. The zero-order chi connectivity index (χ0) is 35.1. The molecule has 0 N–H and O–H groups in total. The third kappa shape index (κ3) is 7.48. The van der Waals surface area contributed by atoms with E-state index in [0.29, 0.717) is 0 Å². The Bertz CT molecular complexity index is 2030. The van der Waals surface area contributed by atoms with Gasteiger partial charge in [0.15, 0.2) is 12.7 Å². The summed E-state index contributed by atoms with van der Waals surface area (Å²) in [7, 11) is -4.51. The van der Waals surface area contributed by atoms with Crippen molar-refractivity contribution in [3.05, 3.63) is 236 Å². The maximum atomic E-state index is 5.47. The molecular weight excluding hydrogens is 824 g/mol. The van der Waals surface area contributed by atoms with Gasteiger partial charge in [-0.25, -0.2) is 4.98 Å². The van der Waals surface area contributed by atoms with Crippen LogP contribution in [0.25, 0.3) is 12.2 Å². The van der Waals surface area contributed by atoms with Crippen LogP contribution in [0.3, 0.4) is 0 Å². The summed E-state index contributed by atoms with van der Waals surface area (Å²) in [6.45, 7) is 0. The van der Waals surface area contributed by atoms with Crippen molar-refractivity contribution in [3.8, 4) is 0 Å². The average Bonchev–Trinajstić information content (AvgIpc) is 3.23. The van der Waals surface area contributed by atoms with E-state index in [4.69, 9.17) is 4.98 Å². The van der Waals surface area contributed by atoms with Gasteiger partial charge in [0, 0.05) is 6.07 Å². The number of nitrogens with zero attached hydrogens (tertiary/aromatic N) is 1. The van der Waals surface area contributed by atoms with E-state index in [1.54, 1.807) is 0 Å². The summed E-state index contributed by atoms with van der Waals surface area (Å²) >= 11 is 0. The minimum atomic E-state index is -2.30. The van der Waals surface area contributed by atoms with E-state index in [0.717, 1.165) is 16.7 Å². The molecule has 264 valence electrons. The fourth-order valence-electron chi connectivity index (χ4n) is 7.39. The Hall–Kier alpha value is -4.75. The van der Waals surface area contributed by atoms with Crippen LogP contribution < -0.4 is 42.6 Å². The minimum absolute atomic E-state index is 0. The molecule has 0 amide bonds. The Labute approximate surface area is 341 Å². The predicted octanol–water partition coefficient (Wildman–Crippen LogP) is 9.65. The Kier molecular flexibility index (Phi) is 13.0. The van der Waals surface area contributed by atoms with Gasteiger partial charge in [0.1, 0.15) is 44.4 Å². The highest BCUT2D eigenvalue weighted by Crippen LogP contribution is 2.55. The van der Waals surface area contributed by atoms with E-state index in [1.165, 1.54) is 37.1 Å². The van der Waals surface area contributed by atoms with Crippen molar-refractivity contribution >= 4 is 103 Å². The van der Waals surface area contributed by atoms with Gasteiger partial charge in [-0.05, 0) is 103 Å². The van der Waals surface area contributed by atoms with E-state index in [9.17, 15) is 0 Å². The molecule has 0 atom stereocenters. The highest BCUT2D eigenvalue weighted by atomic mass is 79.9. The number of halogens is 2. The van der Waals surface area contributed by atoms with Gasteiger partial charge >= 0.3 is 0 Å². The predicted molar refractivity (Wildman–Crippen MR) is 250 cm³/mol. The number of rotatable bonds is 10. The molecule has 8 aromatic rings. The smallest absolute Gasteiger partial charge is 0.198 e. The number of hydrogen-bond acceptors (Lipinski definition) is 1. The summed E-state index contributed by atoms with van der Waals surface area (Å²) in [5.74, 6) is 0. The summed E-state index contributed by atoms with van der Waals surface area (Å²) in [4.78, 5) is 5.47. The molecule has 0 unspecified atom stereocenters. The fraction of sp³-hybridized carbons (Fsp3) is 0. The number of hydrogen-bond donors (Lipinski definition) is 0. The van der Waals surface area contributed by atoms with Gasteiger partial charge in [0.05, 0.1) is 5.69 Å². The second-order valence-corrected chi connectivity index (χ2v) is 19.5. The lowest BCUT2D eigenvalue weighted by Crippen LogP contribution is -2.40. The third-order valence-electron chi connectivity index (χ3n) is 9.66. The van der Waals surface area contributed by atoms with E-state index in [-0.39, 0.29) is 34.0 Å². The zero-order valence-electron chi connectivity index (χ0n) is 29.7. The maximum absolute atomic E-state index is 5.47. The molecule has 1 nitrogen and oxygen atoms in total. The first-order valence-electron chi connectivity index (χ1n) is 17.7. The van der Waals surface area contributed by atoms with Crippen molar-refractivity contribution in [3.63, 3.8) is 0 Å². The van der Waals surface area contributed by atoms with Crippen molar-refractivity contribution in [1.82, 2.24) is 4.98 Å². The van der Waals surface area contributed by atoms with Crippen molar-refractivity contribution < 1.29 is 0 Å². The van der Waals surface area contributed by atoms with E-state index < -0.39 is 14.5 Å². The van der Waals surface area contributed by atoms with Crippen LogP contribution in [0.5, 0.6) is 0 Å². The van der Waals surface area contributed by atoms with Crippen LogP contribution in [0.15, 0.2) is 224 Å². The molecule has 0 aliphatic heterocycles. The molecule has 0 aliphatic carbocycles. The van der Waals surface area contributed by atoms with Gasteiger partial charge < -0.3 is 0 Å². The lowest BCUT2D eigenvalue weighted by atomic mass is 10.2. The van der Waals surface area contributed by atoms with Crippen LogP contribution >= 0.6 is 48.5 Å². The van der Waals surface area contributed by atoms with Crippen LogP contribution in [0.2, 0.25) is 0 Å². The molecule has 0 bridgehead atoms. The molecule has 0 saturated heterocycles. The van der Waals surface area contributed by atoms with Gasteiger partial charge in [-0.2, -0.15) is 0 Å². The monoisotopic (exact) mass is 863 g/mol. The van der Waals surface area contributed by atoms with E-state index >= 15 is 0 Å². The van der Waals surface area contributed by atoms with Crippen LogP contribution in [0, 0.1) is 0 Å². The van der Waals surface area contributed by atoms with Crippen molar-refractivity contribution in [2.24, 2.45) is 0 Å². The van der Waals surface area contributed by atoms with Crippen molar-refractivity contribution in [2.45, 2.75) is 0 Å². The first-order valence-corrected chi connectivity index (χ1v) is 21.3. The molecule has 0 radical (unpaired) electrons. The molecule has 0 aliphatic rings. The number of benzene rings is 7. The van der Waals surface area contributed by atoms with Gasteiger partial charge in [-0.1, -0.05) is 133 Å². The topological polar surface area (TPSA) is 12.9 Å². The molecule has 7 aromatic carbocycles. The Morgan fingerprint density at radius 3 is 1.02 bits per heavy atom.